The average molecular weight is 278 g/mol. The van der Waals surface area contributed by atoms with E-state index >= 15 is 0 Å². The quantitative estimate of drug-likeness (QED) is 0.804. The number of carbonyl (C=O) groups excluding carboxylic acids is 1. The maximum atomic E-state index is 12.3. The second kappa shape index (κ2) is 4.89. The molecule has 0 spiro atoms. The standard InChI is InChI=1S/C15H16ClNO2/c1-17(9-10-6-12(16)7-10)15(18)14-8-11-4-2-3-5-13(11)19-14/h2-5,8,10,12H,6-7,9H2,1H3. The zero-order valence-electron chi connectivity index (χ0n) is 10.8. The zero-order valence-corrected chi connectivity index (χ0v) is 11.6. The van der Waals surface area contributed by atoms with E-state index in [0.717, 1.165) is 30.4 Å². The number of benzene rings is 1. The van der Waals surface area contributed by atoms with Gasteiger partial charge in [0.2, 0.25) is 0 Å². The lowest BCUT2D eigenvalue weighted by molar-refractivity contribution is 0.0718. The van der Waals surface area contributed by atoms with E-state index in [0.29, 0.717) is 17.1 Å². The van der Waals surface area contributed by atoms with Crippen LogP contribution in [0.3, 0.4) is 0 Å². The van der Waals surface area contributed by atoms with Gasteiger partial charge in [0.05, 0.1) is 0 Å². The van der Waals surface area contributed by atoms with Crippen LogP contribution in [-0.4, -0.2) is 29.8 Å². The van der Waals surface area contributed by atoms with Crippen molar-refractivity contribution in [1.82, 2.24) is 4.90 Å². The van der Waals surface area contributed by atoms with Crippen LogP contribution in [0.5, 0.6) is 0 Å². The van der Waals surface area contributed by atoms with Crippen LogP contribution in [0.25, 0.3) is 11.0 Å². The Morgan fingerprint density at radius 3 is 2.84 bits per heavy atom. The lowest BCUT2D eigenvalue weighted by Gasteiger charge is -2.33. The molecule has 0 aliphatic heterocycles. The van der Waals surface area contributed by atoms with Crippen molar-refractivity contribution < 1.29 is 9.21 Å². The van der Waals surface area contributed by atoms with Gasteiger partial charge in [-0.3, -0.25) is 4.79 Å². The Kier molecular flexibility index (Phi) is 3.23. The van der Waals surface area contributed by atoms with Crippen molar-refractivity contribution in [2.75, 3.05) is 13.6 Å². The average Bonchev–Trinajstić information content (AvgIpc) is 2.79. The molecule has 1 saturated carbocycles. The molecule has 1 aliphatic carbocycles. The molecule has 0 radical (unpaired) electrons. The Hall–Kier alpha value is -1.48. The minimum Gasteiger partial charge on any atom is -0.451 e. The van der Waals surface area contributed by atoms with Gasteiger partial charge < -0.3 is 9.32 Å². The van der Waals surface area contributed by atoms with E-state index in [9.17, 15) is 4.79 Å². The number of carbonyl (C=O) groups is 1. The number of furan rings is 1. The molecule has 3 nitrogen and oxygen atoms in total. The van der Waals surface area contributed by atoms with Crippen molar-refractivity contribution in [2.24, 2.45) is 5.92 Å². The summed E-state index contributed by atoms with van der Waals surface area (Å²) in [5.41, 5.74) is 0.753. The number of hydrogen-bond acceptors (Lipinski definition) is 2. The predicted molar refractivity (Wildman–Crippen MR) is 75.5 cm³/mol. The molecule has 1 heterocycles. The maximum Gasteiger partial charge on any atom is 0.289 e. The maximum absolute atomic E-state index is 12.3. The monoisotopic (exact) mass is 277 g/mol. The van der Waals surface area contributed by atoms with Gasteiger partial charge in [-0.05, 0) is 30.9 Å². The highest BCUT2D eigenvalue weighted by Gasteiger charge is 2.29. The molecule has 1 aromatic carbocycles. The summed E-state index contributed by atoms with van der Waals surface area (Å²) in [4.78, 5) is 14.0. The van der Waals surface area contributed by atoms with E-state index in [2.05, 4.69) is 0 Å². The number of rotatable bonds is 3. The summed E-state index contributed by atoms with van der Waals surface area (Å²) >= 11 is 5.96. The van der Waals surface area contributed by atoms with E-state index < -0.39 is 0 Å². The Labute approximate surface area is 117 Å². The third-order valence-electron chi connectivity index (χ3n) is 3.69. The molecule has 0 atom stereocenters. The Balaban J connectivity index is 1.71. The summed E-state index contributed by atoms with van der Waals surface area (Å²) in [6.45, 7) is 0.749. The van der Waals surface area contributed by atoms with Crippen molar-refractivity contribution in [3.63, 3.8) is 0 Å². The lowest BCUT2D eigenvalue weighted by Crippen LogP contribution is -2.37. The Morgan fingerprint density at radius 1 is 1.42 bits per heavy atom. The molecule has 1 fully saturated rings. The van der Waals surface area contributed by atoms with Crippen molar-refractivity contribution in [2.45, 2.75) is 18.2 Å². The number of amides is 1. The number of halogens is 1. The van der Waals surface area contributed by atoms with Gasteiger partial charge in [-0.15, -0.1) is 11.6 Å². The van der Waals surface area contributed by atoms with Crippen LogP contribution in [0, 0.1) is 5.92 Å². The number of para-hydroxylation sites is 1. The highest BCUT2D eigenvalue weighted by Crippen LogP contribution is 2.32. The first-order valence-electron chi connectivity index (χ1n) is 6.51. The minimum atomic E-state index is -0.0609. The molecule has 1 aromatic heterocycles. The summed E-state index contributed by atoms with van der Waals surface area (Å²) in [6.07, 6.45) is 2.00. The molecule has 3 rings (SSSR count). The van der Waals surface area contributed by atoms with Crippen molar-refractivity contribution in [3.05, 3.63) is 36.1 Å². The van der Waals surface area contributed by atoms with Crippen molar-refractivity contribution >= 4 is 28.5 Å². The molecule has 0 bridgehead atoms. The summed E-state index contributed by atoms with van der Waals surface area (Å²) in [7, 11) is 1.82. The van der Waals surface area contributed by atoms with E-state index in [4.69, 9.17) is 16.0 Å². The first kappa shape index (κ1) is 12.5. The summed E-state index contributed by atoms with van der Waals surface area (Å²) in [5, 5.41) is 1.25. The van der Waals surface area contributed by atoms with Gasteiger partial charge in [0.1, 0.15) is 5.58 Å². The predicted octanol–water partition coefficient (Wildman–Crippen LogP) is 3.52. The van der Waals surface area contributed by atoms with Gasteiger partial charge >= 0.3 is 0 Å². The third kappa shape index (κ3) is 2.47. The molecule has 1 aliphatic rings. The number of alkyl halides is 1. The normalized spacial score (nSPS) is 22.2. The summed E-state index contributed by atoms with van der Waals surface area (Å²) in [5.74, 6) is 0.875. The van der Waals surface area contributed by atoms with E-state index in [1.165, 1.54) is 0 Å². The molecule has 4 heteroatoms. The minimum absolute atomic E-state index is 0.0609. The molecular formula is C15H16ClNO2. The van der Waals surface area contributed by atoms with Gasteiger partial charge in [-0.25, -0.2) is 0 Å². The first-order valence-corrected chi connectivity index (χ1v) is 6.95. The summed E-state index contributed by atoms with van der Waals surface area (Å²) in [6, 6.07) is 9.46. The fourth-order valence-electron chi connectivity index (χ4n) is 2.55. The first-order chi connectivity index (χ1) is 9.13. The van der Waals surface area contributed by atoms with Crippen LogP contribution in [0.2, 0.25) is 0 Å². The van der Waals surface area contributed by atoms with Crippen LogP contribution < -0.4 is 0 Å². The van der Waals surface area contributed by atoms with Crippen LogP contribution in [0.15, 0.2) is 34.7 Å². The van der Waals surface area contributed by atoms with Crippen LogP contribution in [-0.2, 0) is 0 Å². The lowest BCUT2D eigenvalue weighted by atomic mass is 9.84. The smallest absolute Gasteiger partial charge is 0.289 e. The van der Waals surface area contributed by atoms with E-state index in [1.54, 1.807) is 11.0 Å². The SMILES string of the molecule is CN(CC1CC(Cl)C1)C(=O)c1cc2ccccc2o1. The van der Waals surface area contributed by atoms with Gasteiger partial charge in [-0.2, -0.15) is 0 Å². The Bertz CT molecular complexity index is 568. The molecular weight excluding hydrogens is 262 g/mol. The summed E-state index contributed by atoms with van der Waals surface area (Å²) < 4.78 is 5.59. The van der Waals surface area contributed by atoms with Crippen LogP contribution in [0.1, 0.15) is 23.4 Å². The van der Waals surface area contributed by atoms with Crippen LogP contribution in [0.4, 0.5) is 0 Å². The van der Waals surface area contributed by atoms with Gasteiger partial charge in [0, 0.05) is 24.4 Å². The largest absolute Gasteiger partial charge is 0.451 e. The van der Waals surface area contributed by atoms with Gasteiger partial charge in [-0.1, -0.05) is 18.2 Å². The molecule has 0 unspecified atom stereocenters. The van der Waals surface area contributed by atoms with Crippen molar-refractivity contribution in [3.8, 4) is 0 Å². The molecule has 2 aromatic rings. The molecule has 0 N–H and O–H groups in total. The fraction of sp³-hybridized carbons (Fsp3) is 0.400. The van der Waals surface area contributed by atoms with E-state index in [1.807, 2.05) is 31.3 Å². The topological polar surface area (TPSA) is 33.5 Å². The second-order valence-corrected chi connectivity index (χ2v) is 5.89. The van der Waals surface area contributed by atoms with Crippen molar-refractivity contribution in [1.29, 1.82) is 0 Å². The van der Waals surface area contributed by atoms with Gasteiger partial charge in [0.15, 0.2) is 5.76 Å². The number of hydrogen-bond donors (Lipinski definition) is 0. The molecule has 0 saturated heterocycles. The Morgan fingerprint density at radius 2 is 2.16 bits per heavy atom. The number of fused-ring (bicyclic) bond motifs is 1. The molecule has 19 heavy (non-hydrogen) atoms. The third-order valence-corrected chi connectivity index (χ3v) is 4.05. The van der Waals surface area contributed by atoms with E-state index in [-0.39, 0.29) is 5.91 Å². The van der Waals surface area contributed by atoms with Gasteiger partial charge in [0.25, 0.3) is 5.91 Å². The zero-order chi connectivity index (χ0) is 13.4. The highest BCUT2D eigenvalue weighted by molar-refractivity contribution is 6.21. The molecule has 1 amide bonds. The van der Waals surface area contributed by atoms with Crippen LogP contribution >= 0.6 is 11.6 Å². The second-order valence-electron chi connectivity index (χ2n) is 5.27. The number of nitrogens with zero attached hydrogens (tertiary/aromatic N) is 1. The highest BCUT2D eigenvalue weighted by atomic mass is 35.5. The fourth-order valence-corrected chi connectivity index (χ4v) is 3.05. The molecule has 100 valence electrons.